The Morgan fingerprint density at radius 3 is 2.63 bits per heavy atom. The highest BCUT2D eigenvalue weighted by molar-refractivity contribution is 5.98. The molecule has 2 aromatic carbocycles. The van der Waals surface area contributed by atoms with Gasteiger partial charge in [0.2, 0.25) is 0 Å². The monoisotopic (exact) mass is 396 g/mol. The Kier molecular flexibility index (Phi) is 4.39. The fourth-order valence-corrected chi connectivity index (χ4v) is 4.72. The third kappa shape index (κ3) is 2.89. The highest BCUT2D eigenvalue weighted by Crippen LogP contribution is 2.38. The number of aryl methyl sites for hydroxylation is 1. The summed E-state index contributed by atoms with van der Waals surface area (Å²) in [4.78, 5) is 19.8. The molecule has 1 amide bonds. The van der Waals surface area contributed by atoms with Crippen molar-refractivity contribution in [1.82, 2.24) is 19.7 Å². The molecule has 2 atom stereocenters. The van der Waals surface area contributed by atoms with Crippen LogP contribution in [0.3, 0.4) is 0 Å². The predicted molar refractivity (Wildman–Crippen MR) is 118 cm³/mol. The quantitative estimate of drug-likeness (QED) is 0.490. The molecule has 1 aliphatic rings. The van der Waals surface area contributed by atoms with E-state index in [1.807, 2.05) is 53.0 Å². The van der Waals surface area contributed by atoms with Crippen LogP contribution in [0.1, 0.15) is 41.5 Å². The minimum absolute atomic E-state index is 0.0401. The largest absolute Gasteiger partial charge is 0.327 e. The lowest BCUT2D eigenvalue weighted by molar-refractivity contribution is 0.0575. The number of amides is 1. The number of fused-ring (bicyclic) bond motifs is 2. The Labute approximate surface area is 176 Å². The minimum Gasteiger partial charge on any atom is -0.327 e. The Morgan fingerprint density at radius 2 is 1.83 bits per heavy atom. The van der Waals surface area contributed by atoms with Crippen molar-refractivity contribution in [3.63, 3.8) is 0 Å². The van der Waals surface area contributed by atoms with Crippen LogP contribution in [-0.2, 0) is 13.5 Å². The Balaban J connectivity index is 1.54. The molecule has 0 saturated carbocycles. The van der Waals surface area contributed by atoms with Crippen molar-refractivity contribution in [2.75, 3.05) is 0 Å². The lowest BCUT2D eigenvalue weighted by Gasteiger charge is -2.38. The fourth-order valence-electron chi connectivity index (χ4n) is 4.72. The molecule has 5 rings (SSSR count). The standard InChI is InChI=1S/C25H24N4O/c1-16-14-21-23(27-28(3)24(21)18-8-5-4-6-9-18)17(2)29(16)25(30)20-11-12-22-19(15-20)10-7-13-26-22/h4-13,15-17H,14H2,1-3H3. The number of rotatable bonds is 2. The summed E-state index contributed by atoms with van der Waals surface area (Å²) in [5.74, 6) is 0.0401. The van der Waals surface area contributed by atoms with E-state index in [1.165, 1.54) is 5.56 Å². The van der Waals surface area contributed by atoms with Gasteiger partial charge in [0.05, 0.1) is 22.9 Å². The summed E-state index contributed by atoms with van der Waals surface area (Å²) < 4.78 is 1.96. The van der Waals surface area contributed by atoms with Gasteiger partial charge in [-0.2, -0.15) is 5.10 Å². The Hall–Kier alpha value is -3.47. The highest BCUT2D eigenvalue weighted by atomic mass is 16.2. The van der Waals surface area contributed by atoms with Gasteiger partial charge in [0, 0.05) is 41.4 Å². The fraction of sp³-hybridized carbons (Fsp3) is 0.240. The molecule has 5 nitrogen and oxygen atoms in total. The first-order chi connectivity index (χ1) is 14.5. The van der Waals surface area contributed by atoms with E-state index in [4.69, 9.17) is 5.10 Å². The maximum absolute atomic E-state index is 13.5. The second-order valence-electron chi connectivity index (χ2n) is 8.05. The second-order valence-corrected chi connectivity index (χ2v) is 8.05. The lowest BCUT2D eigenvalue weighted by Crippen LogP contribution is -2.45. The molecule has 0 aliphatic carbocycles. The molecule has 3 heterocycles. The number of benzene rings is 2. The van der Waals surface area contributed by atoms with Crippen LogP contribution in [0.5, 0.6) is 0 Å². The molecule has 5 heteroatoms. The first-order valence-corrected chi connectivity index (χ1v) is 10.3. The lowest BCUT2D eigenvalue weighted by atomic mass is 9.90. The van der Waals surface area contributed by atoms with Crippen molar-refractivity contribution >= 4 is 16.8 Å². The van der Waals surface area contributed by atoms with E-state index in [9.17, 15) is 4.79 Å². The van der Waals surface area contributed by atoms with Crippen LogP contribution >= 0.6 is 0 Å². The molecule has 30 heavy (non-hydrogen) atoms. The van der Waals surface area contributed by atoms with Crippen molar-refractivity contribution in [2.24, 2.45) is 7.05 Å². The Morgan fingerprint density at radius 1 is 1.03 bits per heavy atom. The maximum Gasteiger partial charge on any atom is 0.254 e. The van der Waals surface area contributed by atoms with E-state index in [-0.39, 0.29) is 18.0 Å². The van der Waals surface area contributed by atoms with Crippen LogP contribution < -0.4 is 0 Å². The zero-order valence-corrected chi connectivity index (χ0v) is 17.4. The van der Waals surface area contributed by atoms with E-state index in [0.717, 1.165) is 34.3 Å². The van der Waals surface area contributed by atoms with E-state index < -0.39 is 0 Å². The van der Waals surface area contributed by atoms with Crippen molar-refractivity contribution in [3.8, 4) is 11.3 Å². The topological polar surface area (TPSA) is 51.0 Å². The van der Waals surface area contributed by atoms with Crippen molar-refractivity contribution in [2.45, 2.75) is 32.4 Å². The summed E-state index contributed by atoms with van der Waals surface area (Å²) in [5.41, 5.74) is 6.13. The number of carbonyl (C=O) groups excluding carboxylic acids is 1. The summed E-state index contributed by atoms with van der Waals surface area (Å²) in [6, 6.07) is 20.0. The molecule has 0 fully saturated rings. The number of nitrogens with zero attached hydrogens (tertiary/aromatic N) is 4. The first kappa shape index (κ1) is 18.6. The number of pyridine rings is 1. The van der Waals surface area contributed by atoms with Gasteiger partial charge in [-0.3, -0.25) is 14.5 Å². The minimum atomic E-state index is -0.0930. The van der Waals surface area contributed by atoms with Gasteiger partial charge in [-0.05, 0) is 44.5 Å². The van der Waals surface area contributed by atoms with Crippen molar-refractivity contribution < 1.29 is 4.79 Å². The van der Waals surface area contributed by atoms with E-state index in [2.05, 4.69) is 43.1 Å². The van der Waals surface area contributed by atoms with Gasteiger partial charge in [-0.15, -0.1) is 0 Å². The van der Waals surface area contributed by atoms with E-state index >= 15 is 0 Å². The molecular weight excluding hydrogens is 372 g/mol. The molecule has 0 N–H and O–H groups in total. The summed E-state index contributed by atoms with van der Waals surface area (Å²) >= 11 is 0. The Bertz CT molecular complexity index is 1240. The number of hydrogen-bond acceptors (Lipinski definition) is 3. The summed E-state index contributed by atoms with van der Waals surface area (Å²) in [7, 11) is 1.99. The molecule has 150 valence electrons. The third-order valence-electron chi connectivity index (χ3n) is 6.10. The SMILES string of the molecule is CC1Cc2c(nn(C)c2-c2ccccc2)C(C)N1C(=O)c1ccc2ncccc2c1. The average Bonchev–Trinajstić information content (AvgIpc) is 3.10. The van der Waals surface area contributed by atoms with Crippen LogP contribution in [0.25, 0.3) is 22.2 Å². The average molecular weight is 396 g/mol. The molecule has 2 unspecified atom stereocenters. The number of aromatic nitrogens is 3. The predicted octanol–water partition coefficient (Wildman–Crippen LogP) is 4.78. The van der Waals surface area contributed by atoms with Crippen LogP contribution in [0.2, 0.25) is 0 Å². The van der Waals surface area contributed by atoms with Gasteiger partial charge in [0.1, 0.15) is 0 Å². The zero-order valence-electron chi connectivity index (χ0n) is 17.4. The molecule has 0 radical (unpaired) electrons. The van der Waals surface area contributed by atoms with Gasteiger partial charge in [0.25, 0.3) is 5.91 Å². The molecule has 0 bridgehead atoms. The molecule has 0 saturated heterocycles. The first-order valence-electron chi connectivity index (χ1n) is 10.3. The molecule has 0 spiro atoms. The van der Waals surface area contributed by atoms with Crippen LogP contribution in [0, 0.1) is 0 Å². The van der Waals surface area contributed by atoms with Crippen LogP contribution in [-0.4, -0.2) is 31.6 Å². The summed E-state index contributed by atoms with van der Waals surface area (Å²) in [6.07, 6.45) is 2.56. The molecule has 1 aliphatic heterocycles. The van der Waals surface area contributed by atoms with Crippen molar-refractivity contribution in [3.05, 3.63) is 83.7 Å². The van der Waals surface area contributed by atoms with Gasteiger partial charge in [0.15, 0.2) is 0 Å². The second kappa shape index (κ2) is 7.10. The number of carbonyl (C=O) groups is 1. The van der Waals surface area contributed by atoms with E-state index in [0.29, 0.717) is 5.56 Å². The van der Waals surface area contributed by atoms with Gasteiger partial charge in [-0.25, -0.2) is 0 Å². The molecule has 4 aromatic rings. The smallest absolute Gasteiger partial charge is 0.254 e. The maximum atomic E-state index is 13.5. The highest BCUT2D eigenvalue weighted by Gasteiger charge is 2.37. The van der Waals surface area contributed by atoms with Gasteiger partial charge in [-0.1, -0.05) is 36.4 Å². The molecular formula is C25H24N4O. The zero-order chi connectivity index (χ0) is 20.8. The van der Waals surface area contributed by atoms with Crippen molar-refractivity contribution in [1.29, 1.82) is 0 Å². The van der Waals surface area contributed by atoms with Crippen LogP contribution in [0.4, 0.5) is 0 Å². The van der Waals surface area contributed by atoms with Gasteiger partial charge < -0.3 is 4.90 Å². The van der Waals surface area contributed by atoms with Crippen LogP contribution in [0.15, 0.2) is 66.9 Å². The van der Waals surface area contributed by atoms with E-state index in [1.54, 1.807) is 6.20 Å². The summed E-state index contributed by atoms with van der Waals surface area (Å²) in [5, 5.41) is 5.81. The number of hydrogen-bond donors (Lipinski definition) is 0. The normalized spacial score (nSPS) is 18.4. The summed E-state index contributed by atoms with van der Waals surface area (Å²) in [6.45, 7) is 4.21. The molecule has 2 aromatic heterocycles. The third-order valence-corrected chi connectivity index (χ3v) is 6.10. The van der Waals surface area contributed by atoms with Gasteiger partial charge >= 0.3 is 0 Å².